The van der Waals surface area contributed by atoms with Gasteiger partial charge in [-0.15, -0.1) is 3.89 Å². The van der Waals surface area contributed by atoms with Crippen molar-refractivity contribution >= 4 is 10.2 Å². The quantitative estimate of drug-likeness (QED) is 0.506. The molecule has 3 nitrogen and oxygen atoms in total. The van der Waals surface area contributed by atoms with Crippen molar-refractivity contribution in [3.05, 3.63) is 0 Å². The van der Waals surface area contributed by atoms with Crippen molar-refractivity contribution in [2.24, 2.45) is 5.73 Å². The Hall–Kier alpha value is -0.160. The maximum Gasteiger partial charge on any atom is 0.302 e. The van der Waals surface area contributed by atoms with Crippen LogP contribution in [0.5, 0.6) is 0 Å². The molecule has 0 aromatic rings. The van der Waals surface area contributed by atoms with E-state index in [1.165, 1.54) is 0 Å². The third-order valence-corrected chi connectivity index (χ3v) is 2.07. The molecule has 0 amide bonds. The Morgan fingerprint density at radius 1 is 1.45 bits per heavy atom. The molecule has 0 aliphatic heterocycles. The molecular weight excluding hydrogens is 169 g/mol. The van der Waals surface area contributed by atoms with Crippen LogP contribution in [-0.4, -0.2) is 20.2 Å². The van der Waals surface area contributed by atoms with Crippen LogP contribution in [0, 0.1) is 0 Å². The van der Waals surface area contributed by atoms with E-state index >= 15 is 0 Å². The number of hydrogen-bond donors (Lipinski definition) is 1. The molecule has 0 aromatic carbocycles. The minimum atomic E-state index is -4.26. The van der Waals surface area contributed by atoms with Crippen molar-refractivity contribution in [3.63, 3.8) is 0 Å². The number of hydrogen-bond acceptors (Lipinski definition) is 3. The molecule has 0 rings (SSSR count). The SMILES string of the molecule is CC(N)CCCCS(=O)(=O)F. The highest BCUT2D eigenvalue weighted by Gasteiger charge is 2.05. The van der Waals surface area contributed by atoms with Crippen LogP contribution >= 0.6 is 0 Å². The lowest BCUT2D eigenvalue weighted by Gasteiger charge is -2.01. The van der Waals surface area contributed by atoms with Crippen LogP contribution < -0.4 is 5.73 Å². The summed E-state index contributed by atoms with van der Waals surface area (Å²) in [5.41, 5.74) is 5.40. The first-order valence-corrected chi connectivity index (χ1v) is 5.15. The van der Waals surface area contributed by atoms with Crippen molar-refractivity contribution in [3.8, 4) is 0 Å². The summed E-state index contributed by atoms with van der Waals surface area (Å²) < 4.78 is 31.8. The number of halogens is 1. The molecule has 0 fully saturated rings. The van der Waals surface area contributed by atoms with Gasteiger partial charge in [0.25, 0.3) is 0 Å². The van der Waals surface area contributed by atoms with Gasteiger partial charge in [0.05, 0.1) is 5.75 Å². The van der Waals surface area contributed by atoms with E-state index in [2.05, 4.69) is 0 Å². The third-order valence-electron chi connectivity index (χ3n) is 1.30. The lowest BCUT2D eigenvalue weighted by atomic mass is 10.2. The zero-order chi connectivity index (χ0) is 8.91. The van der Waals surface area contributed by atoms with E-state index in [9.17, 15) is 12.3 Å². The Labute approximate surface area is 67.0 Å². The molecule has 0 aromatic heterocycles. The van der Waals surface area contributed by atoms with Gasteiger partial charge in [0.1, 0.15) is 0 Å². The Morgan fingerprint density at radius 3 is 2.36 bits per heavy atom. The van der Waals surface area contributed by atoms with Crippen molar-refractivity contribution in [1.82, 2.24) is 0 Å². The summed E-state index contributed by atoms with van der Waals surface area (Å²) in [6.07, 6.45) is 1.77. The topological polar surface area (TPSA) is 60.2 Å². The molecule has 0 aliphatic rings. The highest BCUT2D eigenvalue weighted by Crippen LogP contribution is 2.02. The largest absolute Gasteiger partial charge is 0.328 e. The molecule has 0 aliphatic carbocycles. The van der Waals surface area contributed by atoms with E-state index < -0.39 is 10.2 Å². The summed E-state index contributed by atoms with van der Waals surface area (Å²) in [4.78, 5) is 0. The molecular formula is C6H14FNO2S. The van der Waals surface area contributed by atoms with Crippen LogP contribution in [0.15, 0.2) is 0 Å². The molecule has 1 unspecified atom stereocenters. The molecule has 0 radical (unpaired) electrons. The highest BCUT2D eigenvalue weighted by atomic mass is 32.3. The van der Waals surface area contributed by atoms with Crippen LogP contribution in [0.4, 0.5) is 3.89 Å². The van der Waals surface area contributed by atoms with Crippen LogP contribution in [-0.2, 0) is 10.2 Å². The summed E-state index contributed by atoms with van der Waals surface area (Å²) in [7, 11) is -4.26. The van der Waals surface area contributed by atoms with Crippen LogP contribution in [0.25, 0.3) is 0 Å². The molecule has 0 saturated heterocycles. The fourth-order valence-electron chi connectivity index (χ4n) is 0.741. The lowest BCUT2D eigenvalue weighted by molar-refractivity contribution is 0.542. The fourth-order valence-corrected chi connectivity index (χ4v) is 1.29. The molecule has 2 N–H and O–H groups in total. The molecule has 0 bridgehead atoms. The van der Waals surface area contributed by atoms with Crippen LogP contribution in [0.2, 0.25) is 0 Å². The predicted octanol–water partition coefficient (Wildman–Crippen LogP) is 0.803. The van der Waals surface area contributed by atoms with Crippen LogP contribution in [0.1, 0.15) is 26.2 Å². The van der Waals surface area contributed by atoms with E-state index in [4.69, 9.17) is 5.73 Å². The molecule has 0 heterocycles. The molecule has 0 saturated carbocycles. The van der Waals surface area contributed by atoms with Gasteiger partial charge >= 0.3 is 10.2 Å². The monoisotopic (exact) mass is 183 g/mol. The number of unbranched alkanes of at least 4 members (excludes halogenated alkanes) is 1. The first-order chi connectivity index (χ1) is 4.92. The number of nitrogens with two attached hydrogens (primary N) is 1. The maximum absolute atomic E-state index is 11.9. The zero-order valence-corrected chi connectivity index (χ0v) is 7.40. The second kappa shape index (κ2) is 4.66. The smallest absolute Gasteiger partial charge is 0.302 e. The minimum Gasteiger partial charge on any atom is -0.328 e. The van der Waals surface area contributed by atoms with Crippen molar-refractivity contribution in [2.45, 2.75) is 32.2 Å². The second-order valence-corrected chi connectivity index (χ2v) is 4.20. The van der Waals surface area contributed by atoms with Crippen LogP contribution in [0.3, 0.4) is 0 Å². The summed E-state index contributed by atoms with van der Waals surface area (Å²) in [6, 6.07) is 0.0670. The van der Waals surface area contributed by atoms with Crippen molar-refractivity contribution < 1.29 is 12.3 Å². The lowest BCUT2D eigenvalue weighted by Crippen LogP contribution is -2.14. The van der Waals surface area contributed by atoms with Gasteiger partial charge in [-0.1, -0.05) is 6.42 Å². The summed E-state index contributed by atoms with van der Waals surface area (Å²) >= 11 is 0. The van der Waals surface area contributed by atoms with Gasteiger partial charge < -0.3 is 5.73 Å². The Bertz CT molecular complexity index is 189. The van der Waals surface area contributed by atoms with E-state index in [1.54, 1.807) is 0 Å². The van der Waals surface area contributed by atoms with E-state index in [-0.39, 0.29) is 11.8 Å². The number of rotatable bonds is 5. The molecule has 5 heteroatoms. The van der Waals surface area contributed by atoms with Crippen molar-refractivity contribution in [2.75, 3.05) is 5.75 Å². The van der Waals surface area contributed by atoms with E-state index in [0.29, 0.717) is 12.8 Å². The standard InChI is InChI=1S/C6H14FNO2S/c1-6(8)4-2-3-5-11(7,9)10/h6H,2-5,8H2,1H3. The third kappa shape index (κ3) is 9.84. The first kappa shape index (κ1) is 10.8. The van der Waals surface area contributed by atoms with Gasteiger partial charge in [0.2, 0.25) is 0 Å². The Balaban J connectivity index is 3.30. The first-order valence-electron chi connectivity index (χ1n) is 3.60. The van der Waals surface area contributed by atoms with Gasteiger partial charge in [-0.25, -0.2) is 0 Å². The second-order valence-electron chi connectivity index (χ2n) is 2.72. The van der Waals surface area contributed by atoms with Crippen molar-refractivity contribution in [1.29, 1.82) is 0 Å². The Morgan fingerprint density at radius 2 is 2.00 bits per heavy atom. The highest BCUT2D eigenvalue weighted by molar-refractivity contribution is 7.86. The zero-order valence-electron chi connectivity index (χ0n) is 6.59. The molecule has 68 valence electrons. The molecule has 0 spiro atoms. The molecule has 11 heavy (non-hydrogen) atoms. The molecule has 1 atom stereocenters. The summed E-state index contributed by atoms with van der Waals surface area (Å²) in [5, 5.41) is 0. The van der Waals surface area contributed by atoms with Gasteiger partial charge in [-0.05, 0) is 19.8 Å². The minimum absolute atomic E-state index is 0.0670. The fraction of sp³-hybridized carbons (Fsp3) is 1.00. The summed E-state index contributed by atoms with van der Waals surface area (Å²) in [5.74, 6) is -0.375. The average Bonchev–Trinajstić information content (AvgIpc) is 1.78. The average molecular weight is 183 g/mol. The normalized spacial score (nSPS) is 14.8. The Kier molecular flexibility index (Phi) is 4.60. The van der Waals surface area contributed by atoms with Gasteiger partial charge in [0.15, 0.2) is 0 Å². The van der Waals surface area contributed by atoms with Gasteiger partial charge in [-0.2, -0.15) is 8.42 Å². The maximum atomic E-state index is 11.9. The van der Waals surface area contributed by atoms with Gasteiger partial charge in [-0.3, -0.25) is 0 Å². The van der Waals surface area contributed by atoms with E-state index in [1.807, 2.05) is 6.92 Å². The van der Waals surface area contributed by atoms with Gasteiger partial charge in [0, 0.05) is 6.04 Å². The summed E-state index contributed by atoms with van der Waals surface area (Å²) in [6.45, 7) is 1.84. The van der Waals surface area contributed by atoms with E-state index in [0.717, 1.165) is 6.42 Å². The predicted molar refractivity (Wildman–Crippen MR) is 42.4 cm³/mol.